The Balaban J connectivity index is 1.42. The standard InChI is InChI=1S/C50H46/c1-49(2)26-27-50(3,4)44-30-42(40(29-43(44)49)31-14-6-5-7-15-31)48-37-21-10-8-19-35(37)47(36-20-9-11-22-38(36)48)41-28-34-18-12-16-32-24-25-33-17-13-23-39(41)46(33)45(32)34/h8-13,16-25,28-31H,5-7,14-15,26-27H2,1-4H3/i8D,10D,19D,21D. The third-order valence-corrected chi connectivity index (χ3v) is 12.8. The Morgan fingerprint density at radius 2 is 1.08 bits per heavy atom. The van der Waals surface area contributed by atoms with Gasteiger partial charge < -0.3 is 0 Å². The molecule has 2 aliphatic carbocycles. The molecule has 2 aliphatic rings. The van der Waals surface area contributed by atoms with E-state index in [4.69, 9.17) is 2.74 Å². The minimum absolute atomic E-state index is 0.0183. The molecule has 0 aromatic heterocycles. The molecule has 8 aromatic carbocycles. The number of fused-ring (bicyclic) bond motifs is 3. The van der Waals surface area contributed by atoms with Gasteiger partial charge in [0, 0.05) is 0 Å². The summed E-state index contributed by atoms with van der Waals surface area (Å²) in [6.45, 7) is 9.56. The summed E-state index contributed by atoms with van der Waals surface area (Å²) in [4.78, 5) is 0. The van der Waals surface area contributed by atoms with Crippen molar-refractivity contribution in [2.75, 3.05) is 0 Å². The molecule has 8 aromatic rings. The van der Waals surface area contributed by atoms with E-state index in [9.17, 15) is 2.74 Å². The third-order valence-electron chi connectivity index (χ3n) is 12.8. The van der Waals surface area contributed by atoms with Crippen LogP contribution in [0.3, 0.4) is 0 Å². The Labute approximate surface area is 302 Å². The summed E-state index contributed by atoms with van der Waals surface area (Å²) in [7, 11) is 0. The maximum Gasteiger partial charge on any atom is 0.0629 e. The molecule has 1 fully saturated rings. The molecule has 0 saturated heterocycles. The van der Waals surface area contributed by atoms with E-state index in [-0.39, 0.29) is 35.0 Å². The predicted molar refractivity (Wildman–Crippen MR) is 217 cm³/mol. The van der Waals surface area contributed by atoms with Crippen LogP contribution >= 0.6 is 0 Å². The van der Waals surface area contributed by atoms with Gasteiger partial charge in [-0.1, -0.05) is 150 Å². The van der Waals surface area contributed by atoms with Crippen molar-refractivity contribution in [2.24, 2.45) is 0 Å². The van der Waals surface area contributed by atoms with Gasteiger partial charge in [0.05, 0.1) is 5.48 Å². The maximum absolute atomic E-state index is 9.76. The smallest absolute Gasteiger partial charge is 0.0616 e. The first kappa shape index (κ1) is 26.2. The number of hydrogen-bond acceptors (Lipinski definition) is 0. The Kier molecular flexibility index (Phi) is 5.71. The third kappa shape index (κ3) is 4.37. The van der Waals surface area contributed by atoms with Crippen molar-refractivity contribution in [3.05, 3.63) is 132 Å². The molecule has 0 N–H and O–H groups in total. The van der Waals surface area contributed by atoms with Crippen molar-refractivity contribution in [1.29, 1.82) is 0 Å². The van der Waals surface area contributed by atoms with Crippen LogP contribution in [0, 0.1) is 0 Å². The lowest BCUT2D eigenvalue weighted by Crippen LogP contribution is -2.34. The largest absolute Gasteiger partial charge is 0.0629 e. The molecule has 50 heavy (non-hydrogen) atoms. The predicted octanol–water partition coefficient (Wildman–Crippen LogP) is 14.6. The Hall–Kier alpha value is -4.68. The van der Waals surface area contributed by atoms with E-state index in [1.807, 2.05) is 0 Å². The fourth-order valence-electron chi connectivity index (χ4n) is 10.0. The van der Waals surface area contributed by atoms with Crippen molar-refractivity contribution < 1.29 is 5.48 Å². The molecular formula is C50H46. The molecular weight excluding hydrogens is 601 g/mol. The molecule has 0 spiro atoms. The summed E-state index contributed by atoms with van der Waals surface area (Å²) >= 11 is 0. The fourth-order valence-corrected chi connectivity index (χ4v) is 10.0. The SMILES string of the molecule is [2H]c1c([2H])c([2H])c2c(-c3cc4cccc5ccc6cccc3c6c54)c3ccccc3c(-c3cc4c(cc3C3CCCCC3)C(C)(C)CCC4(C)C)c2c1[2H]. The summed E-state index contributed by atoms with van der Waals surface area (Å²) in [5.74, 6) is 0.402. The molecule has 0 radical (unpaired) electrons. The average Bonchev–Trinajstić information content (AvgIpc) is 3.19. The van der Waals surface area contributed by atoms with E-state index < -0.39 is 0 Å². The molecule has 10 rings (SSSR count). The summed E-state index contributed by atoms with van der Waals surface area (Å²) in [5.41, 5.74) is 8.21. The number of benzene rings is 8. The fraction of sp³-hybridized carbons (Fsp3) is 0.280. The van der Waals surface area contributed by atoms with E-state index in [2.05, 4.69) is 119 Å². The van der Waals surface area contributed by atoms with Gasteiger partial charge in [-0.05, 0) is 147 Å². The van der Waals surface area contributed by atoms with Gasteiger partial charge in [-0.15, -0.1) is 0 Å². The van der Waals surface area contributed by atoms with E-state index in [1.165, 1.54) is 57.5 Å². The van der Waals surface area contributed by atoms with Crippen molar-refractivity contribution in [3.8, 4) is 22.3 Å². The molecule has 1 saturated carbocycles. The minimum atomic E-state index is -0.187. The van der Waals surface area contributed by atoms with Crippen LogP contribution in [0.25, 0.3) is 76.1 Å². The van der Waals surface area contributed by atoms with Crippen LogP contribution < -0.4 is 0 Å². The van der Waals surface area contributed by atoms with Crippen LogP contribution in [-0.2, 0) is 10.8 Å². The lowest BCUT2D eigenvalue weighted by Gasteiger charge is -2.43. The Morgan fingerprint density at radius 1 is 0.520 bits per heavy atom. The molecule has 246 valence electrons. The first-order valence-electron chi connectivity index (χ1n) is 20.8. The summed E-state index contributed by atoms with van der Waals surface area (Å²) in [5, 5.41) is 10.3. The lowest BCUT2D eigenvalue weighted by atomic mass is 9.61. The van der Waals surface area contributed by atoms with E-state index in [1.54, 1.807) is 0 Å². The second-order valence-corrected chi connectivity index (χ2v) is 16.6. The molecule has 0 nitrogen and oxygen atoms in total. The lowest BCUT2D eigenvalue weighted by molar-refractivity contribution is 0.331. The van der Waals surface area contributed by atoms with Gasteiger partial charge in [-0.2, -0.15) is 0 Å². The van der Waals surface area contributed by atoms with Gasteiger partial charge in [-0.25, -0.2) is 0 Å². The van der Waals surface area contributed by atoms with Crippen LogP contribution in [0.1, 0.15) is 101 Å². The van der Waals surface area contributed by atoms with E-state index >= 15 is 0 Å². The molecule has 0 bridgehead atoms. The molecule has 0 aliphatic heterocycles. The van der Waals surface area contributed by atoms with Gasteiger partial charge in [0.2, 0.25) is 0 Å². The van der Waals surface area contributed by atoms with Gasteiger partial charge in [0.25, 0.3) is 0 Å². The normalized spacial score (nSPS) is 18.8. The zero-order valence-electron chi connectivity index (χ0n) is 33.7. The Bertz CT molecular complexity index is 2850. The topological polar surface area (TPSA) is 0 Å². The van der Waals surface area contributed by atoms with Crippen molar-refractivity contribution >= 4 is 53.9 Å². The number of hydrogen-bond donors (Lipinski definition) is 0. The van der Waals surface area contributed by atoms with Crippen LogP contribution in [0.2, 0.25) is 0 Å². The van der Waals surface area contributed by atoms with Crippen LogP contribution in [-0.4, -0.2) is 0 Å². The van der Waals surface area contributed by atoms with Gasteiger partial charge in [0.1, 0.15) is 0 Å². The number of rotatable bonds is 3. The highest BCUT2D eigenvalue weighted by atomic mass is 14.4. The summed E-state index contributed by atoms with van der Waals surface area (Å²) in [6.07, 6.45) is 8.22. The van der Waals surface area contributed by atoms with Crippen molar-refractivity contribution in [3.63, 3.8) is 0 Å². The van der Waals surface area contributed by atoms with E-state index in [0.29, 0.717) is 16.7 Å². The van der Waals surface area contributed by atoms with Gasteiger partial charge >= 0.3 is 0 Å². The second-order valence-electron chi connectivity index (χ2n) is 16.6. The zero-order chi connectivity index (χ0) is 37.3. The molecule has 0 amide bonds. The van der Waals surface area contributed by atoms with Gasteiger partial charge in [-0.3, -0.25) is 0 Å². The van der Waals surface area contributed by atoms with Crippen molar-refractivity contribution in [2.45, 2.75) is 89.4 Å². The highest BCUT2D eigenvalue weighted by molar-refractivity contribution is 6.30. The second kappa shape index (κ2) is 10.9. The average molecular weight is 651 g/mol. The first-order valence-corrected chi connectivity index (χ1v) is 18.8. The first-order chi connectivity index (χ1) is 26.0. The van der Waals surface area contributed by atoms with Crippen LogP contribution in [0.15, 0.2) is 115 Å². The van der Waals surface area contributed by atoms with Crippen molar-refractivity contribution in [1.82, 2.24) is 0 Å². The molecule has 0 heteroatoms. The Morgan fingerprint density at radius 3 is 1.76 bits per heavy atom. The highest BCUT2D eigenvalue weighted by Gasteiger charge is 2.39. The summed E-state index contributed by atoms with van der Waals surface area (Å²) < 4.78 is 37.7. The van der Waals surface area contributed by atoms with Crippen LogP contribution in [0.5, 0.6) is 0 Å². The molecule has 0 unspecified atom stereocenters. The van der Waals surface area contributed by atoms with Gasteiger partial charge in [0.15, 0.2) is 0 Å². The molecule has 0 atom stereocenters. The maximum atomic E-state index is 9.76. The summed E-state index contributed by atoms with van der Waals surface area (Å²) in [6, 6.07) is 32.9. The zero-order valence-corrected chi connectivity index (χ0v) is 29.7. The quantitative estimate of drug-likeness (QED) is 0.132. The minimum Gasteiger partial charge on any atom is -0.0616 e. The van der Waals surface area contributed by atoms with E-state index in [0.717, 1.165) is 69.5 Å². The highest BCUT2D eigenvalue weighted by Crippen LogP contribution is 2.53. The van der Waals surface area contributed by atoms with Crippen LogP contribution in [0.4, 0.5) is 0 Å². The molecule has 0 heterocycles. The monoisotopic (exact) mass is 650 g/mol.